The van der Waals surface area contributed by atoms with Gasteiger partial charge < -0.3 is 15.0 Å². The lowest BCUT2D eigenvalue weighted by atomic mass is 10.0. The number of anilines is 1. The summed E-state index contributed by atoms with van der Waals surface area (Å²) in [5, 5.41) is 3.31. The van der Waals surface area contributed by atoms with Gasteiger partial charge in [-0.05, 0) is 35.4 Å². The Kier molecular flexibility index (Phi) is 5.72. The van der Waals surface area contributed by atoms with Crippen molar-refractivity contribution in [2.24, 2.45) is 0 Å². The molecule has 1 N–H and O–H groups in total. The van der Waals surface area contributed by atoms with Gasteiger partial charge in [0.05, 0.1) is 12.1 Å². The van der Waals surface area contributed by atoms with Gasteiger partial charge in [-0.3, -0.25) is 9.59 Å². The fourth-order valence-electron chi connectivity index (χ4n) is 3.68. The summed E-state index contributed by atoms with van der Waals surface area (Å²) in [5.74, 6) is 0.136. The van der Waals surface area contributed by atoms with E-state index in [1.54, 1.807) is 29.2 Å². The third-order valence-electron chi connectivity index (χ3n) is 5.22. The van der Waals surface area contributed by atoms with Crippen LogP contribution in [0.25, 0.3) is 0 Å². The molecule has 5 nitrogen and oxygen atoms in total. The van der Waals surface area contributed by atoms with E-state index in [2.05, 4.69) is 5.32 Å². The SMILES string of the molecule is COc1ccc(NC(=O)[C@H](Cc2ccccc2)N2Cc3ccccc3C2=O)cc1Cl. The molecule has 4 rings (SSSR count). The Morgan fingerprint density at radius 2 is 1.83 bits per heavy atom. The number of rotatable bonds is 6. The van der Waals surface area contributed by atoms with E-state index in [0.29, 0.717) is 35.0 Å². The van der Waals surface area contributed by atoms with Crippen LogP contribution in [-0.4, -0.2) is 29.9 Å². The van der Waals surface area contributed by atoms with Crippen molar-refractivity contribution in [2.45, 2.75) is 19.0 Å². The first-order valence-corrected chi connectivity index (χ1v) is 10.0. The number of nitrogens with one attached hydrogen (secondary N) is 1. The highest BCUT2D eigenvalue weighted by atomic mass is 35.5. The van der Waals surface area contributed by atoms with Gasteiger partial charge in [0, 0.05) is 24.2 Å². The smallest absolute Gasteiger partial charge is 0.255 e. The van der Waals surface area contributed by atoms with Crippen LogP contribution >= 0.6 is 11.6 Å². The number of nitrogens with zero attached hydrogens (tertiary/aromatic N) is 1. The summed E-state index contributed by atoms with van der Waals surface area (Å²) in [5.41, 5.74) is 3.11. The molecule has 3 aromatic rings. The summed E-state index contributed by atoms with van der Waals surface area (Å²) in [4.78, 5) is 28.0. The molecule has 1 aliphatic rings. The van der Waals surface area contributed by atoms with Crippen LogP contribution in [0, 0.1) is 0 Å². The lowest BCUT2D eigenvalue weighted by Gasteiger charge is -2.27. The highest BCUT2D eigenvalue weighted by molar-refractivity contribution is 6.32. The lowest BCUT2D eigenvalue weighted by Crippen LogP contribution is -2.45. The van der Waals surface area contributed by atoms with Crippen LogP contribution in [0.3, 0.4) is 0 Å². The molecule has 1 atom stereocenters. The Balaban J connectivity index is 1.61. The summed E-state index contributed by atoms with van der Waals surface area (Å²) < 4.78 is 5.17. The maximum Gasteiger partial charge on any atom is 0.255 e. The predicted octanol–water partition coefficient (Wildman–Crippen LogP) is 4.55. The summed E-state index contributed by atoms with van der Waals surface area (Å²) >= 11 is 6.19. The van der Waals surface area contributed by atoms with Crippen molar-refractivity contribution in [1.82, 2.24) is 4.90 Å². The molecule has 0 radical (unpaired) electrons. The second-order valence-corrected chi connectivity index (χ2v) is 7.54. The molecule has 1 aliphatic heterocycles. The van der Waals surface area contributed by atoms with Crippen molar-refractivity contribution in [3.8, 4) is 5.75 Å². The van der Waals surface area contributed by atoms with Crippen molar-refractivity contribution in [2.75, 3.05) is 12.4 Å². The third kappa shape index (κ3) is 4.02. The Morgan fingerprint density at radius 3 is 2.53 bits per heavy atom. The van der Waals surface area contributed by atoms with Crippen LogP contribution in [0.4, 0.5) is 5.69 Å². The number of hydrogen-bond acceptors (Lipinski definition) is 3. The van der Waals surface area contributed by atoms with Gasteiger partial charge in [0.25, 0.3) is 5.91 Å². The van der Waals surface area contributed by atoms with Crippen molar-refractivity contribution < 1.29 is 14.3 Å². The van der Waals surface area contributed by atoms with E-state index in [1.165, 1.54) is 7.11 Å². The van der Waals surface area contributed by atoms with E-state index in [-0.39, 0.29) is 11.8 Å². The molecular formula is C24H21ClN2O3. The summed E-state index contributed by atoms with van der Waals surface area (Å²) in [6, 6.07) is 21.6. The number of amides is 2. The van der Waals surface area contributed by atoms with Gasteiger partial charge in [-0.15, -0.1) is 0 Å². The number of methoxy groups -OCH3 is 1. The quantitative estimate of drug-likeness (QED) is 0.636. The maximum atomic E-state index is 13.3. The third-order valence-corrected chi connectivity index (χ3v) is 5.51. The Bertz CT molecular complexity index is 1080. The number of hydrogen-bond donors (Lipinski definition) is 1. The molecule has 6 heteroatoms. The molecule has 0 bridgehead atoms. The molecule has 0 aliphatic carbocycles. The number of ether oxygens (including phenoxy) is 1. The molecule has 0 aromatic heterocycles. The van der Waals surface area contributed by atoms with Crippen molar-refractivity contribution in [3.05, 3.63) is 94.5 Å². The fraction of sp³-hybridized carbons (Fsp3) is 0.167. The van der Waals surface area contributed by atoms with Crippen molar-refractivity contribution in [1.29, 1.82) is 0 Å². The molecule has 2 amide bonds. The number of benzene rings is 3. The highest BCUT2D eigenvalue weighted by Crippen LogP contribution is 2.29. The van der Waals surface area contributed by atoms with E-state index >= 15 is 0 Å². The monoisotopic (exact) mass is 420 g/mol. The first-order chi connectivity index (χ1) is 14.6. The second kappa shape index (κ2) is 8.59. The number of fused-ring (bicyclic) bond motifs is 1. The minimum absolute atomic E-state index is 0.130. The molecule has 30 heavy (non-hydrogen) atoms. The molecular weight excluding hydrogens is 400 g/mol. The largest absolute Gasteiger partial charge is 0.495 e. The number of carbonyl (C=O) groups excluding carboxylic acids is 2. The molecule has 0 spiro atoms. The van der Waals surface area contributed by atoms with E-state index in [1.807, 2.05) is 48.5 Å². The summed E-state index contributed by atoms with van der Waals surface area (Å²) in [6.07, 6.45) is 0.413. The molecule has 0 unspecified atom stereocenters. The normalized spacial score (nSPS) is 13.7. The predicted molar refractivity (Wildman–Crippen MR) is 117 cm³/mol. The summed E-state index contributed by atoms with van der Waals surface area (Å²) in [7, 11) is 1.53. The minimum Gasteiger partial charge on any atom is -0.495 e. The van der Waals surface area contributed by atoms with Crippen LogP contribution in [0.15, 0.2) is 72.8 Å². The molecule has 0 fully saturated rings. The highest BCUT2D eigenvalue weighted by Gasteiger charge is 2.36. The van der Waals surface area contributed by atoms with Gasteiger partial charge in [-0.1, -0.05) is 60.1 Å². The van der Waals surface area contributed by atoms with Gasteiger partial charge in [0.1, 0.15) is 11.8 Å². The van der Waals surface area contributed by atoms with E-state index in [9.17, 15) is 9.59 Å². The summed E-state index contributed by atoms with van der Waals surface area (Å²) in [6.45, 7) is 0.406. The zero-order valence-corrected chi connectivity index (χ0v) is 17.2. The first kappa shape index (κ1) is 20.0. The zero-order chi connectivity index (χ0) is 21.1. The Labute approximate surface area is 180 Å². The van der Waals surface area contributed by atoms with E-state index in [0.717, 1.165) is 11.1 Å². The Morgan fingerprint density at radius 1 is 1.10 bits per heavy atom. The van der Waals surface area contributed by atoms with E-state index in [4.69, 9.17) is 16.3 Å². The second-order valence-electron chi connectivity index (χ2n) is 7.13. The van der Waals surface area contributed by atoms with Crippen LogP contribution in [0.5, 0.6) is 5.75 Å². The lowest BCUT2D eigenvalue weighted by molar-refractivity contribution is -0.120. The average molecular weight is 421 g/mol. The van der Waals surface area contributed by atoms with Crippen LogP contribution in [-0.2, 0) is 17.8 Å². The standard InChI is InChI=1S/C24H21ClN2O3/c1-30-22-12-11-18(14-20(22)25)26-23(28)21(13-16-7-3-2-4-8-16)27-15-17-9-5-6-10-19(17)24(27)29/h2-12,14,21H,13,15H2,1H3,(H,26,28)/t21-/m0/s1. The molecule has 1 heterocycles. The first-order valence-electron chi connectivity index (χ1n) is 9.64. The molecule has 3 aromatic carbocycles. The number of halogens is 1. The molecule has 0 saturated heterocycles. The zero-order valence-electron chi connectivity index (χ0n) is 16.5. The van der Waals surface area contributed by atoms with Crippen LogP contribution in [0.2, 0.25) is 5.02 Å². The average Bonchev–Trinajstić information content (AvgIpc) is 3.09. The van der Waals surface area contributed by atoms with Crippen LogP contribution < -0.4 is 10.1 Å². The van der Waals surface area contributed by atoms with Gasteiger partial charge in [-0.2, -0.15) is 0 Å². The topological polar surface area (TPSA) is 58.6 Å². The van der Waals surface area contributed by atoms with Gasteiger partial charge in [0.15, 0.2) is 0 Å². The number of carbonyl (C=O) groups is 2. The molecule has 0 saturated carbocycles. The van der Waals surface area contributed by atoms with Gasteiger partial charge >= 0.3 is 0 Å². The maximum absolute atomic E-state index is 13.3. The van der Waals surface area contributed by atoms with Gasteiger partial charge in [0.2, 0.25) is 5.91 Å². The minimum atomic E-state index is -0.659. The van der Waals surface area contributed by atoms with E-state index < -0.39 is 6.04 Å². The van der Waals surface area contributed by atoms with Crippen molar-refractivity contribution >= 4 is 29.1 Å². The molecule has 152 valence electrons. The van der Waals surface area contributed by atoms with Gasteiger partial charge in [-0.25, -0.2) is 0 Å². The fourth-order valence-corrected chi connectivity index (χ4v) is 3.94. The Hall–Kier alpha value is -3.31. The van der Waals surface area contributed by atoms with Crippen LogP contribution in [0.1, 0.15) is 21.5 Å². The van der Waals surface area contributed by atoms with Crippen molar-refractivity contribution in [3.63, 3.8) is 0 Å².